The lowest BCUT2D eigenvalue weighted by atomic mass is 10.6. The summed E-state index contributed by atoms with van der Waals surface area (Å²) in [6, 6.07) is 0. The molecule has 11 heavy (non-hydrogen) atoms. The van der Waals surface area contributed by atoms with E-state index in [1.54, 1.807) is 6.92 Å². The summed E-state index contributed by atoms with van der Waals surface area (Å²) in [7, 11) is -2.93. The van der Waals surface area contributed by atoms with Gasteiger partial charge in [0.05, 0.1) is 5.75 Å². The fourth-order valence-electron chi connectivity index (χ4n) is 0.820. The van der Waals surface area contributed by atoms with E-state index in [1.165, 1.54) is 5.41 Å². The van der Waals surface area contributed by atoms with Crippen molar-refractivity contribution < 1.29 is 8.42 Å². The minimum absolute atomic E-state index is 0.193. The average Bonchev–Trinajstić information content (AvgIpc) is 2.67. The van der Waals surface area contributed by atoms with Crippen LogP contribution in [0.2, 0.25) is 0 Å². The maximum absolute atomic E-state index is 11.0. The smallest absolute Gasteiger partial charge is 0.173 e. The van der Waals surface area contributed by atoms with Gasteiger partial charge < -0.3 is 4.90 Å². The van der Waals surface area contributed by atoms with Gasteiger partial charge in [0.25, 0.3) is 0 Å². The average molecular weight is 175 g/mol. The summed E-state index contributed by atoms with van der Waals surface area (Å²) >= 11 is 0. The highest BCUT2D eigenvalue weighted by atomic mass is 32.2. The quantitative estimate of drug-likeness (QED) is 0.589. The molecule has 0 N–H and O–H groups in total. The first kappa shape index (κ1) is 8.59. The molecule has 1 heterocycles. The molecule has 3 nitrogen and oxygen atoms in total. The van der Waals surface area contributed by atoms with Crippen LogP contribution < -0.4 is 0 Å². The van der Waals surface area contributed by atoms with Crippen LogP contribution in [-0.2, 0) is 9.84 Å². The lowest BCUT2D eigenvalue weighted by Crippen LogP contribution is -2.02. The first-order valence-corrected chi connectivity index (χ1v) is 5.42. The lowest BCUT2D eigenvalue weighted by molar-refractivity contribution is 0.603. The highest BCUT2D eigenvalue weighted by molar-refractivity contribution is 7.94. The van der Waals surface area contributed by atoms with Gasteiger partial charge in [0, 0.05) is 24.2 Å². The number of nitrogens with zero attached hydrogens (tertiary/aromatic N) is 1. The van der Waals surface area contributed by atoms with E-state index in [4.69, 9.17) is 0 Å². The molecular formula is C7H13NO2S. The molecule has 0 aliphatic carbocycles. The Hall–Kier alpha value is -0.510. The predicted molar refractivity (Wildman–Crippen MR) is 44.8 cm³/mol. The molecule has 0 amide bonds. The van der Waals surface area contributed by atoms with Crippen LogP contribution >= 0.6 is 0 Å². The van der Waals surface area contributed by atoms with Gasteiger partial charge in [0.2, 0.25) is 0 Å². The van der Waals surface area contributed by atoms with Gasteiger partial charge in [-0.05, 0) is 6.92 Å². The summed E-state index contributed by atoms with van der Waals surface area (Å²) in [6.45, 7) is 5.49. The van der Waals surface area contributed by atoms with Crippen LogP contribution in [0.4, 0.5) is 0 Å². The van der Waals surface area contributed by atoms with Crippen LogP contribution in [0.3, 0.4) is 0 Å². The number of hydrogen-bond acceptors (Lipinski definition) is 3. The Labute approximate surface area is 67.6 Å². The fourth-order valence-corrected chi connectivity index (χ4v) is 1.66. The zero-order valence-corrected chi connectivity index (χ0v) is 7.69. The van der Waals surface area contributed by atoms with Gasteiger partial charge in [-0.15, -0.1) is 0 Å². The van der Waals surface area contributed by atoms with Gasteiger partial charge in [-0.3, -0.25) is 0 Å². The molecule has 0 unspecified atom stereocenters. The van der Waals surface area contributed by atoms with Crippen LogP contribution in [0.1, 0.15) is 13.8 Å². The van der Waals surface area contributed by atoms with Gasteiger partial charge in [-0.25, -0.2) is 8.42 Å². The molecule has 0 aromatic rings. The largest absolute Gasteiger partial charge is 0.371 e. The van der Waals surface area contributed by atoms with Crippen molar-refractivity contribution in [2.75, 3.05) is 18.8 Å². The zero-order chi connectivity index (χ0) is 8.48. The Bertz CT molecular complexity index is 262. The SMILES string of the molecule is CCS(=O)(=O)/C=C(\C)N1CC1. The van der Waals surface area contributed by atoms with E-state index < -0.39 is 9.84 Å². The minimum atomic E-state index is -2.93. The molecule has 1 fully saturated rings. The van der Waals surface area contributed by atoms with Crippen molar-refractivity contribution in [1.29, 1.82) is 0 Å². The van der Waals surface area contributed by atoms with E-state index in [1.807, 2.05) is 11.8 Å². The number of allylic oxidation sites excluding steroid dienone is 1. The van der Waals surface area contributed by atoms with E-state index in [0.29, 0.717) is 0 Å². The van der Waals surface area contributed by atoms with Gasteiger partial charge in [-0.2, -0.15) is 0 Å². The summed E-state index contributed by atoms with van der Waals surface area (Å²) in [5, 5.41) is 1.36. The van der Waals surface area contributed by atoms with E-state index in [9.17, 15) is 8.42 Å². The van der Waals surface area contributed by atoms with E-state index in [0.717, 1.165) is 18.8 Å². The Morgan fingerprint density at radius 1 is 1.55 bits per heavy atom. The van der Waals surface area contributed by atoms with Crippen LogP contribution in [0, 0.1) is 0 Å². The van der Waals surface area contributed by atoms with Gasteiger partial charge >= 0.3 is 0 Å². The van der Waals surface area contributed by atoms with Gasteiger partial charge in [0.15, 0.2) is 9.84 Å². The molecule has 1 saturated heterocycles. The Kier molecular flexibility index (Phi) is 2.23. The third-order valence-electron chi connectivity index (χ3n) is 1.70. The molecule has 0 radical (unpaired) electrons. The first-order chi connectivity index (χ1) is 5.05. The Morgan fingerprint density at radius 3 is 2.45 bits per heavy atom. The van der Waals surface area contributed by atoms with E-state index in [2.05, 4.69) is 0 Å². The maximum atomic E-state index is 11.0. The molecule has 0 atom stereocenters. The molecule has 0 spiro atoms. The summed E-state index contributed by atoms with van der Waals surface area (Å²) in [6.07, 6.45) is 0. The first-order valence-electron chi connectivity index (χ1n) is 3.71. The second-order valence-corrected chi connectivity index (χ2v) is 4.84. The molecule has 1 aliphatic heterocycles. The molecule has 0 saturated carbocycles. The van der Waals surface area contributed by atoms with Crippen LogP contribution in [0.5, 0.6) is 0 Å². The monoisotopic (exact) mass is 175 g/mol. The zero-order valence-electron chi connectivity index (χ0n) is 6.87. The Balaban J connectivity index is 2.70. The highest BCUT2D eigenvalue weighted by Gasteiger charge is 2.18. The van der Waals surface area contributed by atoms with Crippen LogP contribution in [0.15, 0.2) is 11.1 Å². The molecule has 1 rings (SSSR count). The molecule has 64 valence electrons. The van der Waals surface area contributed by atoms with Crippen molar-refractivity contribution >= 4 is 9.84 Å². The number of sulfone groups is 1. The molecule has 4 heteroatoms. The second-order valence-electron chi connectivity index (χ2n) is 2.70. The number of rotatable bonds is 3. The summed E-state index contributed by atoms with van der Waals surface area (Å²) in [5.41, 5.74) is 0.867. The second kappa shape index (κ2) is 2.85. The van der Waals surface area contributed by atoms with Crippen molar-refractivity contribution in [2.24, 2.45) is 0 Å². The maximum Gasteiger partial charge on any atom is 0.173 e. The summed E-state index contributed by atoms with van der Waals surface area (Å²) < 4.78 is 22.1. The van der Waals surface area contributed by atoms with Crippen molar-refractivity contribution in [2.45, 2.75) is 13.8 Å². The van der Waals surface area contributed by atoms with Gasteiger partial charge in [-0.1, -0.05) is 6.92 Å². The molecular weight excluding hydrogens is 162 g/mol. The third-order valence-corrected chi connectivity index (χ3v) is 3.20. The van der Waals surface area contributed by atoms with Crippen molar-refractivity contribution in [3.05, 3.63) is 11.1 Å². The van der Waals surface area contributed by atoms with Crippen molar-refractivity contribution in [3.8, 4) is 0 Å². The Morgan fingerprint density at radius 2 is 2.09 bits per heavy atom. The molecule has 0 bridgehead atoms. The highest BCUT2D eigenvalue weighted by Crippen LogP contribution is 2.14. The molecule has 0 aromatic heterocycles. The standard InChI is InChI=1S/C7H13NO2S/c1-3-11(9,10)6-7(2)8-4-5-8/h6H,3-5H2,1-2H3/b7-6+. The summed E-state index contributed by atoms with van der Waals surface area (Å²) in [5.74, 6) is 0.193. The van der Waals surface area contributed by atoms with Gasteiger partial charge in [0.1, 0.15) is 0 Å². The van der Waals surface area contributed by atoms with Crippen molar-refractivity contribution in [1.82, 2.24) is 4.90 Å². The van der Waals surface area contributed by atoms with Crippen molar-refractivity contribution in [3.63, 3.8) is 0 Å². The fraction of sp³-hybridized carbons (Fsp3) is 0.714. The normalized spacial score (nSPS) is 18.7. The lowest BCUT2D eigenvalue weighted by Gasteiger charge is -2.00. The predicted octanol–water partition coefficient (Wildman–Crippen LogP) is 0.598. The molecule has 0 aromatic carbocycles. The van der Waals surface area contributed by atoms with E-state index in [-0.39, 0.29) is 5.75 Å². The van der Waals surface area contributed by atoms with E-state index >= 15 is 0 Å². The minimum Gasteiger partial charge on any atom is -0.371 e. The van der Waals surface area contributed by atoms with Crippen LogP contribution in [-0.4, -0.2) is 32.2 Å². The summed E-state index contributed by atoms with van der Waals surface area (Å²) in [4.78, 5) is 2.02. The number of hydrogen-bond donors (Lipinski definition) is 0. The topological polar surface area (TPSA) is 37.1 Å². The third kappa shape index (κ3) is 2.54. The van der Waals surface area contributed by atoms with Crippen LogP contribution in [0.25, 0.3) is 0 Å². The molecule has 1 aliphatic rings.